The molecule has 0 atom stereocenters. The second kappa shape index (κ2) is 8.60. The summed E-state index contributed by atoms with van der Waals surface area (Å²) in [4.78, 5) is 15.2. The number of anilines is 3. The summed E-state index contributed by atoms with van der Waals surface area (Å²) in [6.45, 7) is 2.96. The summed E-state index contributed by atoms with van der Waals surface area (Å²) in [6.07, 6.45) is 5.04. The molecule has 0 bridgehead atoms. The van der Waals surface area contributed by atoms with Crippen LogP contribution in [0.25, 0.3) is 17.0 Å². The van der Waals surface area contributed by atoms with E-state index in [-0.39, 0.29) is 11.6 Å². The maximum atomic E-state index is 15.1. The number of benzene rings is 1. The first-order chi connectivity index (χ1) is 15.6. The van der Waals surface area contributed by atoms with Gasteiger partial charge in [0.2, 0.25) is 5.95 Å². The van der Waals surface area contributed by atoms with Crippen LogP contribution in [0.3, 0.4) is 0 Å². The Morgan fingerprint density at radius 1 is 1.12 bits per heavy atom. The fourth-order valence-corrected chi connectivity index (χ4v) is 3.91. The monoisotopic (exact) mass is 452 g/mol. The van der Waals surface area contributed by atoms with E-state index in [9.17, 15) is 0 Å². The molecule has 8 nitrogen and oxygen atoms in total. The zero-order valence-corrected chi connectivity index (χ0v) is 18.1. The molecule has 1 radical (unpaired) electrons. The van der Waals surface area contributed by atoms with Gasteiger partial charge in [-0.25, -0.2) is 24.7 Å². The van der Waals surface area contributed by atoms with Crippen LogP contribution in [0, 0.1) is 5.82 Å². The molecule has 4 heterocycles. The highest BCUT2D eigenvalue weighted by Gasteiger charge is 2.19. The van der Waals surface area contributed by atoms with E-state index < -0.39 is 5.82 Å². The van der Waals surface area contributed by atoms with Gasteiger partial charge in [-0.05, 0) is 18.2 Å². The van der Waals surface area contributed by atoms with Crippen LogP contribution in [0.5, 0.6) is 5.75 Å². The Balaban J connectivity index is 1.49. The topological polar surface area (TPSA) is 81.7 Å². The number of ether oxygens (including phenoxy) is 1. The third-order valence-electron chi connectivity index (χ3n) is 5.32. The Labute approximate surface area is 189 Å². The molecular formula is C22H20ClFN7O. The first-order valence-corrected chi connectivity index (χ1v) is 10.5. The summed E-state index contributed by atoms with van der Waals surface area (Å²) in [5, 5.41) is 7.65. The van der Waals surface area contributed by atoms with Crippen molar-refractivity contribution < 1.29 is 9.13 Å². The largest absolute Gasteiger partial charge is 0.494 e. The van der Waals surface area contributed by atoms with Gasteiger partial charge in [-0.15, -0.1) is 0 Å². The van der Waals surface area contributed by atoms with Crippen LogP contribution < -0.4 is 20.3 Å². The average Bonchev–Trinajstić information content (AvgIpc) is 3.26. The highest BCUT2D eigenvalue weighted by molar-refractivity contribution is 6.32. The SMILES string of the molecule is COc1cc(N2CC[N]CC2)cc(F)c1Nc1ncc(Cl)c(-c2cnc3ccccn23)n1. The number of imidazole rings is 1. The lowest BCUT2D eigenvalue weighted by atomic mass is 10.2. The minimum atomic E-state index is -0.461. The van der Waals surface area contributed by atoms with Crippen LogP contribution in [0.4, 0.5) is 21.7 Å². The van der Waals surface area contributed by atoms with Crippen molar-refractivity contribution in [3.63, 3.8) is 0 Å². The Bertz CT molecular complexity index is 1270. The highest BCUT2D eigenvalue weighted by Crippen LogP contribution is 2.35. The van der Waals surface area contributed by atoms with Gasteiger partial charge in [-0.3, -0.25) is 4.40 Å². The number of aromatic nitrogens is 4. The van der Waals surface area contributed by atoms with Crippen LogP contribution in [0.15, 0.2) is 48.9 Å². The maximum absolute atomic E-state index is 15.1. The van der Waals surface area contributed by atoms with E-state index in [1.165, 1.54) is 19.4 Å². The number of pyridine rings is 1. The van der Waals surface area contributed by atoms with Crippen LogP contribution in [0.2, 0.25) is 5.02 Å². The molecular weight excluding hydrogens is 433 g/mol. The predicted octanol–water partition coefficient (Wildman–Crippen LogP) is 3.76. The Morgan fingerprint density at radius 2 is 1.97 bits per heavy atom. The number of halogens is 2. The molecule has 0 saturated carbocycles. The van der Waals surface area contributed by atoms with Gasteiger partial charge >= 0.3 is 0 Å². The smallest absolute Gasteiger partial charge is 0.228 e. The quantitative estimate of drug-likeness (QED) is 0.496. The molecule has 4 aromatic rings. The number of piperazine rings is 1. The molecule has 1 aliphatic heterocycles. The second-order valence-electron chi connectivity index (χ2n) is 7.25. The number of nitrogens with one attached hydrogen (secondary N) is 1. The van der Waals surface area contributed by atoms with Crippen LogP contribution in [0.1, 0.15) is 0 Å². The van der Waals surface area contributed by atoms with E-state index in [0.717, 1.165) is 37.5 Å². The van der Waals surface area contributed by atoms with Crippen molar-refractivity contribution in [1.29, 1.82) is 0 Å². The average molecular weight is 453 g/mol. The number of rotatable bonds is 5. The summed E-state index contributed by atoms with van der Waals surface area (Å²) in [5.74, 6) is 0.0891. The molecule has 1 N–H and O–H groups in total. The molecule has 1 aromatic carbocycles. The van der Waals surface area contributed by atoms with Crippen molar-refractivity contribution in [1.82, 2.24) is 24.7 Å². The van der Waals surface area contributed by atoms with Crippen molar-refractivity contribution in [2.75, 3.05) is 43.5 Å². The van der Waals surface area contributed by atoms with Crippen LogP contribution in [-0.4, -0.2) is 52.6 Å². The third-order valence-corrected chi connectivity index (χ3v) is 5.60. The number of nitrogens with zero attached hydrogens (tertiary/aromatic N) is 6. The minimum Gasteiger partial charge on any atom is -0.494 e. The fraction of sp³-hybridized carbons (Fsp3) is 0.227. The van der Waals surface area contributed by atoms with E-state index in [0.29, 0.717) is 22.2 Å². The molecule has 0 unspecified atom stereocenters. The van der Waals surface area contributed by atoms with Gasteiger partial charge in [-0.1, -0.05) is 17.7 Å². The third kappa shape index (κ3) is 3.80. The van der Waals surface area contributed by atoms with Gasteiger partial charge < -0.3 is 15.0 Å². The van der Waals surface area contributed by atoms with Crippen LogP contribution >= 0.6 is 11.6 Å². The number of methoxy groups -OCH3 is 1. The van der Waals surface area contributed by atoms with E-state index >= 15 is 4.39 Å². The van der Waals surface area contributed by atoms with Gasteiger partial charge in [-0.2, -0.15) is 0 Å². The lowest BCUT2D eigenvalue weighted by Crippen LogP contribution is -2.40. The summed E-state index contributed by atoms with van der Waals surface area (Å²) >= 11 is 6.38. The predicted molar refractivity (Wildman–Crippen MR) is 122 cm³/mol. The molecule has 10 heteroatoms. The van der Waals surface area contributed by atoms with Gasteiger partial charge in [0.25, 0.3) is 0 Å². The summed E-state index contributed by atoms with van der Waals surface area (Å²) in [5.41, 5.74) is 2.86. The van der Waals surface area contributed by atoms with Crippen LogP contribution in [-0.2, 0) is 0 Å². The molecule has 0 aliphatic carbocycles. The highest BCUT2D eigenvalue weighted by atomic mass is 35.5. The summed E-state index contributed by atoms with van der Waals surface area (Å²) in [7, 11) is 1.50. The van der Waals surface area contributed by atoms with E-state index in [1.54, 1.807) is 12.3 Å². The lowest BCUT2D eigenvalue weighted by Gasteiger charge is -2.29. The number of hydrogen-bond acceptors (Lipinski definition) is 6. The zero-order chi connectivity index (χ0) is 22.1. The van der Waals surface area contributed by atoms with E-state index in [4.69, 9.17) is 16.3 Å². The minimum absolute atomic E-state index is 0.157. The first-order valence-electron chi connectivity index (χ1n) is 10.1. The van der Waals surface area contributed by atoms with Gasteiger partial charge in [0.05, 0.1) is 30.2 Å². The number of hydrogen-bond donors (Lipinski definition) is 1. The van der Waals surface area contributed by atoms with Gasteiger partial charge in [0.15, 0.2) is 5.82 Å². The van der Waals surface area contributed by atoms with Crippen molar-refractivity contribution in [2.45, 2.75) is 0 Å². The molecule has 1 aliphatic rings. The van der Waals surface area contributed by atoms with Gasteiger partial charge in [0, 0.05) is 44.1 Å². The number of fused-ring (bicyclic) bond motifs is 1. The molecule has 3 aromatic heterocycles. The molecule has 0 amide bonds. The molecule has 1 saturated heterocycles. The fourth-order valence-electron chi connectivity index (χ4n) is 3.72. The standard InChI is InChI=1S/C22H20ClFN7O/c1-32-18-11-14(30-8-5-25-6-9-30)10-16(24)21(18)29-22-27-12-15(23)20(28-22)17-13-26-19-4-2-3-7-31(17)19/h2-4,7,10-13H,5-6,8-9H2,1H3,(H,27,28,29). The lowest BCUT2D eigenvalue weighted by molar-refractivity contribution is 0.413. The summed E-state index contributed by atoms with van der Waals surface area (Å²) < 4.78 is 22.5. The molecule has 32 heavy (non-hydrogen) atoms. The van der Waals surface area contributed by atoms with Gasteiger partial charge in [0.1, 0.15) is 22.8 Å². The van der Waals surface area contributed by atoms with Crippen molar-refractivity contribution in [2.24, 2.45) is 0 Å². The normalized spacial score (nSPS) is 14.0. The Hall–Kier alpha value is -3.43. The first kappa shape index (κ1) is 20.5. The zero-order valence-electron chi connectivity index (χ0n) is 17.3. The molecule has 1 fully saturated rings. The second-order valence-corrected chi connectivity index (χ2v) is 7.66. The maximum Gasteiger partial charge on any atom is 0.228 e. The van der Waals surface area contributed by atoms with Crippen molar-refractivity contribution in [3.05, 3.63) is 59.8 Å². The molecule has 163 valence electrons. The molecule has 5 rings (SSSR count). The van der Waals surface area contributed by atoms with Crippen molar-refractivity contribution >= 4 is 34.6 Å². The van der Waals surface area contributed by atoms with Crippen molar-refractivity contribution in [3.8, 4) is 17.1 Å². The summed E-state index contributed by atoms with van der Waals surface area (Å²) in [6, 6.07) is 8.97. The Morgan fingerprint density at radius 3 is 2.78 bits per heavy atom. The van der Waals surface area contributed by atoms with E-state index in [2.05, 4.69) is 30.5 Å². The molecule has 0 spiro atoms. The Kier molecular flexibility index (Phi) is 5.50. The van der Waals surface area contributed by atoms with E-state index in [1.807, 2.05) is 28.8 Å².